The Morgan fingerprint density at radius 3 is 2.81 bits per heavy atom. The molecule has 6 nitrogen and oxygen atoms in total. The van der Waals surface area contributed by atoms with E-state index in [9.17, 15) is 0 Å². The topological polar surface area (TPSA) is 76.3 Å². The van der Waals surface area contributed by atoms with Gasteiger partial charge in [-0.3, -0.25) is 0 Å². The van der Waals surface area contributed by atoms with Gasteiger partial charge in [0, 0.05) is 12.6 Å². The van der Waals surface area contributed by atoms with E-state index in [1.807, 2.05) is 0 Å². The van der Waals surface area contributed by atoms with Crippen molar-refractivity contribution in [2.24, 2.45) is 5.84 Å². The number of ether oxygens (including phenoxy) is 1. The zero-order chi connectivity index (χ0) is 11.5. The molecule has 6 heteroatoms. The average molecular weight is 223 g/mol. The van der Waals surface area contributed by atoms with Gasteiger partial charge >= 0.3 is 0 Å². The Balaban J connectivity index is 2.37. The van der Waals surface area contributed by atoms with E-state index in [1.165, 1.54) is 19.2 Å². The summed E-state index contributed by atoms with van der Waals surface area (Å²) in [6, 6.07) is 0.583. The van der Waals surface area contributed by atoms with Crippen LogP contribution < -0.4 is 20.9 Å². The summed E-state index contributed by atoms with van der Waals surface area (Å²) in [5.74, 6) is 7.33. The van der Waals surface area contributed by atoms with Crippen LogP contribution in [0.3, 0.4) is 0 Å². The number of methoxy groups -OCH3 is 1. The van der Waals surface area contributed by atoms with Crippen LogP contribution >= 0.6 is 0 Å². The second-order valence-corrected chi connectivity index (χ2v) is 3.74. The predicted molar refractivity (Wildman–Crippen MR) is 62.4 cm³/mol. The summed E-state index contributed by atoms with van der Waals surface area (Å²) in [5, 5.41) is 0. The lowest BCUT2D eigenvalue weighted by Crippen LogP contribution is -2.27. The maximum absolute atomic E-state index is 5.39. The molecule has 0 unspecified atom stereocenters. The Bertz CT molecular complexity index is 366. The Labute approximate surface area is 94.8 Å². The van der Waals surface area contributed by atoms with Gasteiger partial charge in [0.05, 0.1) is 7.11 Å². The lowest BCUT2D eigenvalue weighted by Gasteiger charge is -2.23. The van der Waals surface area contributed by atoms with E-state index in [0.717, 1.165) is 12.4 Å². The fourth-order valence-electron chi connectivity index (χ4n) is 1.83. The molecule has 88 valence electrons. The molecular weight excluding hydrogens is 206 g/mol. The molecule has 16 heavy (non-hydrogen) atoms. The van der Waals surface area contributed by atoms with Crippen LogP contribution in [0.25, 0.3) is 0 Å². The van der Waals surface area contributed by atoms with Gasteiger partial charge in [-0.15, -0.1) is 0 Å². The molecule has 1 fully saturated rings. The van der Waals surface area contributed by atoms with E-state index >= 15 is 0 Å². The Morgan fingerprint density at radius 1 is 1.56 bits per heavy atom. The lowest BCUT2D eigenvalue weighted by atomic mass is 10.4. The van der Waals surface area contributed by atoms with Gasteiger partial charge in [0.25, 0.3) is 0 Å². The molecule has 1 heterocycles. The van der Waals surface area contributed by atoms with Crippen LogP contribution in [0.1, 0.15) is 19.8 Å². The number of nitrogens with zero attached hydrogens (tertiary/aromatic N) is 3. The fraction of sp³-hybridized carbons (Fsp3) is 0.600. The first kappa shape index (κ1) is 10.9. The van der Waals surface area contributed by atoms with Crippen molar-refractivity contribution in [2.45, 2.75) is 25.8 Å². The number of hydrogen-bond donors (Lipinski definition) is 2. The zero-order valence-electron chi connectivity index (χ0n) is 9.60. The van der Waals surface area contributed by atoms with E-state index in [2.05, 4.69) is 27.2 Å². The molecule has 0 aromatic carbocycles. The van der Waals surface area contributed by atoms with Crippen molar-refractivity contribution in [3.8, 4) is 5.75 Å². The first-order valence-electron chi connectivity index (χ1n) is 5.44. The molecule has 0 amide bonds. The first-order chi connectivity index (χ1) is 7.81. The highest BCUT2D eigenvalue weighted by Crippen LogP contribution is 2.37. The minimum absolute atomic E-state index is 0.520. The Hall–Kier alpha value is -1.56. The summed E-state index contributed by atoms with van der Waals surface area (Å²) >= 11 is 0. The summed E-state index contributed by atoms with van der Waals surface area (Å²) in [6.45, 7) is 3.01. The van der Waals surface area contributed by atoms with Crippen molar-refractivity contribution in [3.63, 3.8) is 0 Å². The van der Waals surface area contributed by atoms with Crippen molar-refractivity contribution in [1.29, 1.82) is 0 Å². The van der Waals surface area contributed by atoms with Gasteiger partial charge in [0.15, 0.2) is 11.6 Å². The molecule has 1 aromatic rings. The van der Waals surface area contributed by atoms with Crippen LogP contribution in [0.2, 0.25) is 0 Å². The summed E-state index contributed by atoms with van der Waals surface area (Å²) < 4.78 is 5.32. The highest BCUT2D eigenvalue weighted by Gasteiger charge is 2.31. The van der Waals surface area contributed by atoms with E-state index in [1.54, 1.807) is 7.11 Å². The largest absolute Gasteiger partial charge is 0.490 e. The van der Waals surface area contributed by atoms with Crippen molar-refractivity contribution in [3.05, 3.63) is 6.33 Å². The number of hydrazine groups is 1. The SMILES string of the molecule is CCN(c1ncnc(NN)c1OC)C1CC1. The lowest BCUT2D eigenvalue weighted by molar-refractivity contribution is 0.412. The second kappa shape index (κ2) is 4.52. The number of nitrogens with two attached hydrogens (primary N) is 1. The third-order valence-electron chi connectivity index (χ3n) is 2.73. The number of aromatic nitrogens is 2. The molecule has 3 N–H and O–H groups in total. The molecule has 1 aromatic heterocycles. The van der Waals surface area contributed by atoms with Crippen LogP contribution in [0.15, 0.2) is 6.33 Å². The van der Waals surface area contributed by atoms with Crippen LogP contribution in [-0.2, 0) is 0 Å². The molecule has 1 saturated carbocycles. The Kier molecular flexibility index (Phi) is 3.09. The fourth-order valence-corrected chi connectivity index (χ4v) is 1.83. The van der Waals surface area contributed by atoms with Crippen LogP contribution in [0, 0.1) is 0 Å². The summed E-state index contributed by atoms with van der Waals surface area (Å²) in [6.07, 6.45) is 3.93. The first-order valence-corrected chi connectivity index (χ1v) is 5.44. The molecule has 0 spiro atoms. The van der Waals surface area contributed by atoms with Gasteiger partial charge in [0.2, 0.25) is 5.75 Å². The van der Waals surface area contributed by atoms with E-state index in [0.29, 0.717) is 17.6 Å². The monoisotopic (exact) mass is 223 g/mol. The quantitative estimate of drug-likeness (QED) is 0.567. The summed E-state index contributed by atoms with van der Waals surface area (Å²) in [7, 11) is 1.60. The third-order valence-corrected chi connectivity index (χ3v) is 2.73. The van der Waals surface area contributed by atoms with Gasteiger partial charge in [-0.25, -0.2) is 15.8 Å². The normalized spacial score (nSPS) is 14.7. The van der Waals surface area contributed by atoms with Crippen LogP contribution in [0.5, 0.6) is 5.75 Å². The molecule has 0 atom stereocenters. The van der Waals surface area contributed by atoms with Crippen LogP contribution in [-0.4, -0.2) is 29.7 Å². The molecule has 2 rings (SSSR count). The van der Waals surface area contributed by atoms with Crippen LogP contribution in [0.4, 0.5) is 11.6 Å². The molecule has 1 aliphatic carbocycles. The zero-order valence-corrected chi connectivity index (χ0v) is 9.60. The number of anilines is 2. The molecule has 0 radical (unpaired) electrons. The number of rotatable bonds is 5. The second-order valence-electron chi connectivity index (χ2n) is 3.74. The smallest absolute Gasteiger partial charge is 0.205 e. The van der Waals surface area contributed by atoms with E-state index in [-0.39, 0.29) is 0 Å². The molecule has 1 aliphatic rings. The average Bonchev–Trinajstić information content (AvgIpc) is 3.14. The predicted octanol–water partition coefficient (Wildman–Crippen LogP) is 0.759. The van der Waals surface area contributed by atoms with Crippen molar-refractivity contribution in [1.82, 2.24) is 9.97 Å². The van der Waals surface area contributed by atoms with E-state index < -0.39 is 0 Å². The summed E-state index contributed by atoms with van der Waals surface area (Å²) in [5.41, 5.74) is 2.52. The van der Waals surface area contributed by atoms with Crippen molar-refractivity contribution < 1.29 is 4.74 Å². The molecule has 0 aliphatic heterocycles. The van der Waals surface area contributed by atoms with Gasteiger partial charge in [0.1, 0.15) is 6.33 Å². The summed E-state index contributed by atoms with van der Waals surface area (Å²) in [4.78, 5) is 10.5. The number of nitrogens with one attached hydrogen (secondary N) is 1. The van der Waals surface area contributed by atoms with Crippen molar-refractivity contribution >= 4 is 11.6 Å². The van der Waals surface area contributed by atoms with Gasteiger partial charge in [-0.2, -0.15) is 0 Å². The molecule has 0 saturated heterocycles. The van der Waals surface area contributed by atoms with Crippen molar-refractivity contribution in [2.75, 3.05) is 24.0 Å². The molecular formula is C10H17N5O. The number of hydrogen-bond acceptors (Lipinski definition) is 6. The minimum Gasteiger partial charge on any atom is -0.490 e. The highest BCUT2D eigenvalue weighted by molar-refractivity contribution is 5.65. The van der Waals surface area contributed by atoms with Gasteiger partial charge in [-0.05, 0) is 19.8 Å². The third kappa shape index (κ3) is 1.88. The molecule has 0 bridgehead atoms. The minimum atomic E-state index is 0.520. The maximum atomic E-state index is 5.39. The number of nitrogen functional groups attached to an aromatic ring is 1. The standard InChI is InChI=1S/C10H17N5O/c1-3-15(7-4-5-7)10-8(16-2)9(14-11)12-6-13-10/h6-7H,3-5,11H2,1-2H3,(H,12,13,14). The Morgan fingerprint density at radius 2 is 2.31 bits per heavy atom. The van der Waals surface area contributed by atoms with Gasteiger partial charge < -0.3 is 15.1 Å². The van der Waals surface area contributed by atoms with Gasteiger partial charge in [-0.1, -0.05) is 0 Å². The van der Waals surface area contributed by atoms with E-state index in [4.69, 9.17) is 10.6 Å². The maximum Gasteiger partial charge on any atom is 0.205 e. The highest BCUT2D eigenvalue weighted by atomic mass is 16.5.